The quantitative estimate of drug-likeness (QED) is 0.241. The minimum absolute atomic E-state index is 0.0141. The van der Waals surface area contributed by atoms with Crippen molar-refractivity contribution in [2.75, 3.05) is 24.5 Å². The number of methoxy groups -OCH3 is 1. The van der Waals surface area contributed by atoms with Crippen molar-refractivity contribution in [3.05, 3.63) is 87.4 Å². The number of ether oxygens (including phenoxy) is 1. The number of nitrogens with zero attached hydrogens (tertiary/aromatic N) is 2. The lowest BCUT2D eigenvalue weighted by molar-refractivity contribution is -0.140. The normalized spacial score (nSPS) is 12.0. The van der Waals surface area contributed by atoms with E-state index in [2.05, 4.69) is 5.32 Å². The maximum absolute atomic E-state index is 14.1. The molecule has 0 radical (unpaired) electrons. The number of carbonyl (C=O) groups is 2. The van der Waals surface area contributed by atoms with Gasteiger partial charge in [-0.25, -0.2) is 8.42 Å². The Morgan fingerprint density at radius 3 is 2.24 bits per heavy atom. The minimum Gasteiger partial charge on any atom is -0.495 e. The van der Waals surface area contributed by atoms with E-state index in [0.717, 1.165) is 4.31 Å². The summed E-state index contributed by atoms with van der Waals surface area (Å²) in [6.45, 7) is 3.47. The second-order valence-corrected chi connectivity index (χ2v) is 12.2. The molecule has 3 aromatic rings. The van der Waals surface area contributed by atoms with Gasteiger partial charge in [-0.05, 0) is 60.9 Å². The van der Waals surface area contributed by atoms with Gasteiger partial charge < -0.3 is 15.0 Å². The molecule has 0 saturated heterocycles. The first kappa shape index (κ1) is 32.5. The maximum atomic E-state index is 14.1. The topological polar surface area (TPSA) is 96.0 Å². The summed E-state index contributed by atoms with van der Waals surface area (Å²) in [7, 11) is -2.79. The Bertz CT molecular complexity index is 1470. The molecule has 3 aromatic carbocycles. The van der Waals surface area contributed by atoms with Gasteiger partial charge in [-0.2, -0.15) is 0 Å². The van der Waals surface area contributed by atoms with Crippen LogP contribution < -0.4 is 14.4 Å². The van der Waals surface area contributed by atoms with Crippen LogP contribution in [0, 0.1) is 0 Å². The van der Waals surface area contributed by atoms with Crippen molar-refractivity contribution in [3.63, 3.8) is 0 Å². The molecule has 0 aromatic heterocycles. The standard InChI is InChI=1S/C29H32Cl3N3O5S/c1-4-15-33-29(37)26(5-2)34(18-20-11-12-21(30)16-24(20)31)28(36)19-35(22-13-14-27(40-3)25(32)17-22)41(38,39)23-9-7-6-8-10-23/h6-14,16-17,26H,4-5,15,18-19H2,1-3H3,(H,33,37)/t26-/m0/s1. The molecule has 1 N–H and O–H groups in total. The second kappa shape index (κ2) is 14.8. The summed E-state index contributed by atoms with van der Waals surface area (Å²) >= 11 is 18.9. The molecule has 41 heavy (non-hydrogen) atoms. The van der Waals surface area contributed by atoms with Crippen LogP contribution >= 0.6 is 34.8 Å². The fourth-order valence-electron chi connectivity index (χ4n) is 4.18. The van der Waals surface area contributed by atoms with Gasteiger partial charge in [0.15, 0.2) is 0 Å². The van der Waals surface area contributed by atoms with Gasteiger partial charge in [0.2, 0.25) is 11.8 Å². The molecule has 0 aliphatic heterocycles. The Balaban J connectivity index is 2.09. The minimum atomic E-state index is -4.23. The first-order valence-electron chi connectivity index (χ1n) is 13.0. The van der Waals surface area contributed by atoms with E-state index in [1.807, 2.05) is 6.92 Å². The van der Waals surface area contributed by atoms with Gasteiger partial charge in [-0.15, -0.1) is 0 Å². The predicted molar refractivity (Wildman–Crippen MR) is 163 cm³/mol. The zero-order chi connectivity index (χ0) is 30.2. The zero-order valence-electron chi connectivity index (χ0n) is 22.9. The van der Waals surface area contributed by atoms with E-state index >= 15 is 0 Å². The lowest BCUT2D eigenvalue weighted by atomic mass is 10.1. The van der Waals surface area contributed by atoms with E-state index in [1.54, 1.807) is 43.3 Å². The van der Waals surface area contributed by atoms with Crippen molar-refractivity contribution in [2.45, 2.75) is 44.2 Å². The molecular formula is C29H32Cl3N3O5S. The molecule has 0 fully saturated rings. The van der Waals surface area contributed by atoms with E-state index in [1.165, 1.54) is 42.3 Å². The van der Waals surface area contributed by atoms with Crippen molar-refractivity contribution < 1.29 is 22.7 Å². The Morgan fingerprint density at radius 1 is 0.951 bits per heavy atom. The lowest BCUT2D eigenvalue weighted by Gasteiger charge is -2.33. The zero-order valence-corrected chi connectivity index (χ0v) is 26.0. The molecule has 0 saturated carbocycles. The van der Waals surface area contributed by atoms with Crippen molar-refractivity contribution in [2.24, 2.45) is 0 Å². The van der Waals surface area contributed by atoms with Crippen LogP contribution in [0.3, 0.4) is 0 Å². The summed E-state index contributed by atoms with van der Waals surface area (Å²) in [6.07, 6.45) is 0.993. The number of nitrogens with one attached hydrogen (secondary N) is 1. The van der Waals surface area contributed by atoms with Crippen LogP contribution in [0.2, 0.25) is 15.1 Å². The fourth-order valence-corrected chi connectivity index (χ4v) is 6.33. The first-order chi connectivity index (χ1) is 19.5. The van der Waals surface area contributed by atoms with Gasteiger partial charge in [0.05, 0.1) is 22.7 Å². The van der Waals surface area contributed by atoms with Crippen LogP contribution in [0.1, 0.15) is 32.3 Å². The van der Waals surface area contributed by atoms with E-state index in [0.29, 0.717) is 34.3 Å². The summed E-state index contributed by atoms with van der Waals surface area (Å²) in [5, 5.41) is 3.74. The number of halogens is 3. The fraction of sp³-hybridized carbons (Fsp3) is 0.310. The van der Waals surface area contributed by atoms with E-state index < -0.39 is 28.5 Å². The molecule has 0 aliphatic carbocycles. The van der Waals surface area contributed by atoms with Gasteiger partial charge in [0.25, 0.3) is 10.0 Å². The maximum Gasteiger partial charge on any atom is 0.264 e. The number of amides is 2. The molecule has 1 atom stereocenters. The molecule has 0 aliphatic rings. The van der Waals surface area contributed by atoms with Crippen molar-refractivity contribution in [3.8, 4) is 5.75 Å². The summed E-state index contributed by atoms with van der Waals surface area (Å²) in [4.78, 5) is 28.6. The van der Waals surface area contributed by atoms with Gasteiger partial charge in [-0.3, -0.25) is 13.9 Å². The van der Waals surface area contributed by atoms with Crippen LogP contribution in [0.15, 0.2) is 71.6 Å². The SMILES string of the molecule is CCCNC(=O)[C@H](CC)N(Cc1ccc(Cl)cc1Cl)C(=O)CN(c1ccc(OC)c(Cl)c1)S(=O)(=O)c1ccccc1. The number of benzene rings is 3. The van der Waals surface area contributed by atoms with E-state index in [4.69, 9.17) is 39.5 Å². The summed E-state index contributed by atoms with van der Waals surface area (Å²) in [6, 6.07) is 16.2. The number of rotatable bonds is 13. The van der Waals surface area contributed by atoms with Gasteiger partial charge in [0, 0.05) is 23.1 Å². The molecule has 2 amide bonds. The summed E-state index contributed by atoms with van der Waals surface area (Å²) in [5.74, 6) is -0.616. The third-order valence-electron chi connectivity index (χ3n) is 6.32. The highest BCUT2D eigenvalue weighted by Crippen LogP contribution is 2.32. The Hall–Kier alpha value is -2.98. The Labute approximate surface area is 256 Å². The number of carbonyl (C=O) groups excluding carboxylic acids is 2. The van der Waals surface area contributed by atoms with Crippen LogP contribution in [-0.4, -0.2) is 51.4 Å². The van der Waals surface area contributed by atoms with Gasteiger partial charge >= 0.3 is 0 Å². The molecule has 0 unspecified atom stereocenters. The lowest BCUT2D eigenvalue weighted by Crippen LogP contribution is -2.52. The number of anilines is 1. The molecule has 220 valence electrons. The third-order valence-corrected chi connectivity index (χ3v) is 8.99. The third kappa shape index (κ3) is 8.07. The highest BCUT2D eigenvalue weighted by molar-refractivity contribution is 7.92. The summed E-state index contributed by atoms with van der Waals surface area (Å²) < 4.78 is 34.0. The first-order valence-corrected chi connectivity index (χ1v) is 15.5. The highest BCUT2D eigenvalue weighted by Gasteiger charge is 2.34. The molecule has 12 heteroatoms. The van der Waals surface area contributed by atoms with E-state index in [-0.39, 0.29) is 34.5 Å². The van der Waals surface area contributed by atoms with Crippen molar-refractivity contribution in [1.82, 2.24) is 10.2 Å². The molecule has 8 nitrogen and oxygen atoms in total. The smallest absolute Gasteiger partial charge is 0.264 e. The molecule has 0 spiro atoms. The average Bonchev–Trinajstić information content (AvgIpc) is 2.95. The van der Waals surface area contributed by atoms with Crippen LogP contribution in [0.4, 0.5) is 5.69 Å². The molecule has 0 heterocycles. The van der Waals surface area contributed by atoms with E-state index in [9.17, 15) is 18.0 Å². The van der Waals surface area contributed by atoms with Gasteiger partial charge in [0.1, 0.15) is 18.3 Å². The Morgan fingerprint density at radius 2 is 1.66 bits per heavy atom. The number of sulfonamides is 1. The second-order valence-electron chi connectivity index (χ2n) is 9.12. The highest BCUT2D eigenvalue weighted by atomic mass is 35.5. The van der Waals surface area contributed by atoms with Gasteiger partial charge in [-0.1, -0.05) is 72.9 Å². The molecule has 3 rings (SSSR count). The summed E-state index contributed by atoms with van der Waals surface area (Å²) in [5.41, 5.74) is 0.706. The molecule has 0 bridgehead atoms. The van der Waals surface area contributed by atoms with Crippen LogP contribution in [0.25, 0.3) is 0 Å². The van der Waals surface area contributed by atoms with Crippen LogP contribution in [0.5, 0.6) is 5.75 Å². The van der Waals surface area contributed by atoms with Crippen LogP contribution in [-0.2, 0) is 26.2 Å². The van der Waals surface area contributed by atoms with Crippen molar-refractivity contribution >= 4 is 62.3 Å². The molecular weight excluding hydrogens is 609 g/mol. The largest absolute Gasteiger partial charge is 0.495 e. The van der Waals surface area contributed by atoms with Crippen molar-refractivity contribution in [1.29, 1.82) is 0 Å². The average molecular weight is 641 g/mol. The number of hydrogen-bond donors (Lipinski definition) is 1. The monoisotopic (exact) mass is 639 g/mol. The predicted octanol–water partition coefficient (Wildman–Crippen LogP) is 6.18. The number of hydrogen-bond acceptors (Lipinski definition) is 5. The Kier molecular flexibility index (Phi) is 11.7.